The fraction of sp³-hybridized carbons (Fsp3) is 0.435. The fourth-order valence-corrected chi connectivity index (χ4v) is 4.46. The Morgan fingerprint density at radius 2 is 1.80 bits per heavy atom. The first kappa shape index (κ1) is 20.8. The minimum Gasteiger partial charge on any atom is -0.488 e. The maximum Gasteiger partial charge on any atom is 0.251 e. The van der Waals surface area contributed by atoms with Crippen molar-refractivity contribution < 1.29 is 24.1 Å². The Balaban J connectivity index is 1.52. The number of amides is 1. The highest BCUT2D eigenvalue weighted by molar-refractivity contribution is 5.94. The van der Waals surface area contributed by atoms with Gasteiger partial charge in [-0.1, -0.05) is 24.3 Å². The molecule has 0 radical (unpaired) electrons. The predicted octanol–water partition coefficient (Wildman–Crippen LogP) is 1.96. The predicted molar refractivity (Wildman–Crippen MR) is 110 cm³/mol. The summed E-state index contributed by atoms with van der Waals surface area (Å²) in [6, 6.07) is 14.1. The summed E-state index contributed by atoms with van der Waals surface area (Å²) in [5.74, 6) is -0.193. The van der Waals surface area contributed by atoms with Gasteiger partial charge < -0.3 is 20.3 Å². The molecule has 2 fully saturated rings. The molecule has 4 atom stereocenters. The number of para-hydroxylation sites is 1. The van der Waals surface area contributed by atoms with Crippen molar-refractivity contribution in [3.63, 3.8) is 0 Å². The van der Waals surface area contributed by atoms with E-state index in [1.165, 1.54) is 18.2 Å². The quantitative estimate of drug-likeness (QED) is 0.697. The average Bonchev–Trinajstić information content (AvgIpc) is 3.04. The molecule has 1 heterocycles. The molecule has 160 valence electrons. The number of carbonyl (C=O) groups excluding carboxylic acids is 1. The van der Waals surface area contributed by atoms with E-state index in [0.717, 1.165) is 0 Å². The molecule has 2 aromatic rings. The number of rotatable bonds is 5. The SMILES string of the molecule is O=C(N[C@@H]1C[C@@H](Oc2ccccc2)[C@H](O)[C@H]1N1CCC(O)CC1)c1cccc(F)c1. The van der Waals surface area contributed by atoms with E-state index in [4.69, 9.17) is 4.74 Å². The van der Waals surface area contributed by atoms with Crippen molar-refractivity contribution >= 4 is 5.91 Å². The summed E-state index contributed by atoms with van der Waals surface area (Å²) in [6.45, 7) is 1.26. The van der Waals surface area contributed by atoms with Crippen molar-refractivity contribution in [2.24, 2.45) is 0 Å². The first-order valence-electron chi connectivity index (χ1n) is 10.4. The lowest BCUT2D eigenvalue weighted by Crippen LogP contribution is -2.55. The summed E-state index contributed by atoms with van der Waals surface area (Å²) in [4.78, 5) is 14.9. The van der Waals surface area contributed by atoms with Gasteiger partial charge in [0.2, 0.25) is 0 Å². The molecular formula is C23H27FN2O4. The molecular weight excluding hydrogens is 387 g/mol. The Morgan fingerprint density at radius 1 is 1.07 bits per heavy atom. The van der Waals surface area contributed by atoms with E-state index < -0.39 is 18.0 Å². The Bertz CT molecular complexity index is 857. The summed E-state index contributed by atoms with van der Waals surface area (Å²) in [5, 5.41) is 23.9. The fourth-order valence-electron chi connectivity index (χ4n) is 4.46. The molecule has 0 spiro atoms. The lowest BCUT2D eigenvalue weighted by Gasteiger charge is -2.38. The maximum atomic E-state index is 13.5. The van der Waals surface area contributed by atoms with Crippen molar-refractivity contribution in [1.29, 1.82) is 0 Å². The Hall–Kier alpha value is -2.48. The smallest absolute Gasteiger partial charge is 0.251 e. The standard InChI is InChI=1S/C23H27FN2O4/c24-16-6-4-5-15(13-16)23(29)25-19-14-20(30-18-7-2-1-3-8-18)22(28)21(19)26-11-9-17(27)10-12-26/h1-8,13,17,19-22,27-28H,9-12,14H2,(H,25,29)/t19-,20-,21+,22+/m1/s1. The van der Waals surface area contributed by atoms with E-state index in [2.05, 4.69) is 10.2 Å². The van der Waals surface area contributed by atoms with E-state index in [9.17, 15) is 19.4 Å². The molecule has 2 aliphatic rings. The third-order valence-electron chi connectivity index (χ3n) is 5.98. The summed E-state index contributed by atoms with van der Waals surface area (Å²) < 4.78 is 19.6. The van der Waals surface area contributed by atoms with Crippen LogP contribution in [0.25, 0.3) is 0 Å². The molecule has 1 saturated heterocycles. The first-order chi connectivity index (χ1) is 14.5. The van der Waals surface area contributed by atoms with Crippen molar-refractivity contribution in [1.82, 2.24) is 10.2 Å². The number of aliphatic hydroxyl groups excluding tert-OH is 2. The third kappa shape index (κ3) is 4.64. The van der Waals surface area contributed by atoms with Gasteiger partial charge in [0.25, 0.3) is 5.91 Å². The number of hydrogen-bond donors (Lipinski definition) is 3. The van der Waals surface area contributed by atoms with Crippen LogP contribution >= 0.6 is 0 Å². The molecule has 0 unspecified atom stereocenters. The van der Waals surface area contributed by atoms with Crippen LogP contribution in [0.4, 0.5) is 4.39 Å². The second kappa shape index (κ2) is 9.12. The van der Waals surface area contributed by atoms with Crippen LogP contribution in [0.5, 0.6) is 5.75 Å². The molecule has 3 N–H and O–H groups in total. The molecule has 6 nitrogen and oxygen atoms in total. The second-order valence-electron chi connectivity index (χ2n) is 8.04. The molecule has 0 bridgehead atoms. The van der Waals surface area contributed by atoms with E-state index >= 15 is 0 Å². The van der Waals surface area contributed by atoms with Gasteiger partial charge in [0, 0.05) is 25.1 Å². The zero-order chi connectivity index (χ0) is 21.1. The van der Waals surface area contributed by atoms with Gasteiger partial charge in [-0.3, -0.25) is 9.69 Å². The lowest BCUT2D eigenvalue weighted by molar-refractivity contribution is -0.0145. The number of piperidine rings is 1. The van der Waals surface area contributed by atoms with Crippen molar-refractivity contribution in [3.8, 4) is 5.75 Å². The van der Waals surface area contributed by atoms with Crippen LogP contribution in [0.2, 0.25) is 0 Å². The van der Waals surface area contributed by atoms with Crippen LogP contribution in [-0.4, -0.2) is 64.5 Å². The van der Waals surface area contributed by atoms with Gasteiger partial charge in [-0.05, 0) is 43.2 Å². The number of aliphatic hydroxyl groups is 2. The minimum absolute atomic E-state index is 0.240. The number of nitrogens with zero attached hydrogens (tertiary/aromatic N) is 1. The Morgan fingerprint density at radius 3 is 2.50 bits per heavy atom. The summed E-state index contributed by atoms with van der Waals surface area (Å²) >= 11 is 0. The number of hydrogen-bond acceptors (Lipinski definition) is 5. The molecule has 1 amide bonds. The molecule has 2 aromatic carbocycles. The number of carbonyl (C=O) groups is 1. The van der Waals surface area contributed by atoms with Crippen LogP contribution in [0.3, 0.4) is 0 Å². The van der Waals surface area contributed by atoms with Gasteiger partial charge in [0.1, 0.15) is 23.8 Å². The molecule has 1 saturated carbocycles. The zero-order valence-electron chi connectivity index (χ0n) is 16.7. The van der Waals surface area contributed by atoms with Crippen LogP contribution in [0.15, 0.2) is 54.6 Å². The van der Waals surface area contributed by atoms with Crippen LogP contribution in [0, 0.1) is 5.82 Å². The topological polar surface area (TPSA) is 82.0 Å². The third-order valence-corrected chi connectivity index (χ3v) is 5.98. The van der Waals surface area contributed by atoms with E-state index in [-0.39, 0.29) is 29.7 Å². The largest absolute Gasteiger partial charge is 0.488 e. The average molecular weight is 414 g/mol. The molecule has 1 aliphatic carbocycles. The normalized spacial score (nSPS) is 27.7. The molecule has 1 aliphatic heterocycles. The summed E-state index contributed by atoms with van der Waals surface area (Å²) in [5.41, 5.74) is 0.240. The highest BCUT2D eigenvalue weighted by Crippen LogP contribution is 2.31. The molecule has 7 heteroatoms. The Labute approximate surface area is 175 Å². The minimum atomic E-state index is -0.807. The number of halogens is 1. The van der Waals surface area contributed by atoms with Gasteiger partial charge in [-0.15, -0.1) is 0 Å². The van der Waals surface area contributed by atoms with Crippen LogP contribution in [-0.2, 0) is 0 Å². The zero-order valence-corrected chi connectivity index (χ0v) is 16.7. The Kier molecular flexibility index (Phi) is 6.32. The van der Waals surface area contributed by atoms with Gasteiger partial charge >= 0.3 is 0 Å². The van der Waals surface area contributed by atoms with Gasteiger partial charge in [-0.25, -0.2) is 4.39 Å². The van der Waals surface area contributed by atoms with Crippen molar-refractivity contribution in [2.75, 3.05) is 13.1 Å². The second-order valence-corrected chi connectivity index (χ2v) is 8.04. The maximum absolute atomic E-state index is 13.5. The lowest BCUT2D eigenvalue weighted by atomic mass is 10.0. The van der Waals surface area contributed by atoms with E-state index in [1.54, 1.807) is 6.07 Å². The van der Waals surface area contributed by atoms with Crippen molar-refractivity contribution in [2.45, 2.75) is 49.7 Å². The number of ether oxygens (including phenoxy) is 1. The number of likely N-dealkylation sites (tertiary alicyclic amines) is 1. The molecule has 30 heavy (non-hydrogen) atoms. The monoisotopic (exact) mass is 414 g/mol. The molecule has 4 rings (SSSR count). The van der Waals surface area contributed by atoms with Gasteiger partial charge in [-0.2, -0.15) is 0 Å². The summed E-state index contributed by atoms with van der Waals surface area (Å²) in [7, 11) is 0. The first-order valence-corrected chi connectivity index (χ1v) is 10.4. The van der Waals surface area contributed by atoms with E-state index in [1.807, 2.05) is 30.3 Å². The van der Waals surface area contributed by atoms with Gasteiger partial charge in [0.05, 0.1) is 18.2 Å². The highest BCUT2D eigenvalue weighted by atomic mass is 19.1. The summed E-state index contributed by atoms with van der Waals surface area (Å²) in [6.07, 6.45) is 0.0495. The number of benzene rings is 2. The van der Waals surface area contributed by atoms with Crippen LogP contribution < -0.4 is 10.1 Å². The van der Waals surface area contributed by atoms with Crippen LogP contribution in [0.1, 0.15) is 29.6 Å². The van der Waals surface area contributed by atoms with E-state index in [0.29, 0.717) is 38.1 Å². The van der Waals surface area contributed by atoms with Crippen molar-refractivity contribution in [3.05, 3.63) is 66.0 Å². The molecule has 0 aromatic heterocycles. The number of nitrogens with one attached hydrogen (secondary N) is 1. The van der Waals surface area contributed by atoms with Gasteiger partial charge in [0.15, 0.2) is 0 Å². The highest BCUT2D eigenvalue weighted by Gasteiger charge is 2.48.